The Bertz CT molecular complexity index is 1120. The molecule has 1 aliphatic rings. The first-order valence-electron chi connectivity index (χ1n) is 11.7. The van der Waals surface area contributed by atoms with Crippen LogP contribution in [0.1, 0.15) is 61.3 Å². The molecular formula is C27H30FN3O2. The van der Waals surface area contributed by atoms with Crippen molar-refractivity contribution in [3.8, 4) is 11.3 Å². The van der Waals surface area contributed by atoms with Crippen LogP contribution in [0.3, 0.4) is 0 Å². The summed E-state index contributed by atoms with van der Waals surface area (Å²) in [6, 6.07) is 10.4. The monoisotopic (exact) mass is 447 g/mol. The van der Waals surface area contributed by atoms with Crippen molar-refractivity contribution in [2.45, 2.75) is 65.3 Å². The molecule has 2 aromatic carbocycles. The fourth-order valence-corrected chi connectivity index (χ4v) is 4.97. The van der Waals surface area contributed by atoms with Crippen LogP contribution in [0.15, 0.2) is 42.6 Å². The molecule has 0 saturated heterocycles. The summed E-state index contributed by atoms with van der Waals surface area (Å²) in [6.07, 6.45) is 4.95. The van der Waals surface area contributed by atoms with Gasteiger partial charge in [0.15, 0.2) is 0 Å². The fraction of sp³-hybridized carbons (Fsp3) is 0.407. The van der Waals surface area contributed by atoms with E-state index in [0.717, 1.165) is 35.1 Å². The van der Waals surface area contributed by atoms with Gasteiger partial charge >= 0.3 is 0 Å². The maximum Gasteiger partial charge on any atom is 0.148 e. The number of carbonyl (C=O) groups is 2. The van der Waals surface area contributed by atoms with E-state index in [9.17, 15) is 14.0 Å². The van der Waals surface area contributed by atoms with E-state index in [1.165, 1.54) is 17.7 Å². The lowest BCUT2D eigenvalue weighted by molar-refractivity contribution is -0.133. The SMILES string of the molecule is CCc1cc(C)cc(CC)c1C1C(=O)CC(CCn2cc(-c3ccc(F)cc3)nn2)CC1=O. The zero-order chi connectivity index (χ0) is 23.5. The summed E-state index contributed by atoms with van der Waals surface area (Å²) < 4.78 is 14.9. The molecule has 172 valence electrons. The molecule has 0 spiro atoms. The second-order valence-electron chi connectivity index (χ2n) is 9.01. The molecule has 0 N–H and O–H groups in total. The number of hydrogen-bond acceptors (Lipinski definition) is 4. The summed E-state index contributed by atoms with van der Waals surface area (Å²) in [7, 11) is 0. The van der Waals surface area contributed by atoms with Gasteiger partial charge in [0.2, 0.25) is 0 Å². The second-order valence-corrected chi connectivity index (χ2v) is 9.01. The lowest BCUT2D eigenvalue weighted by Crippen LogP contribution is -2.33. The van der Waals surface area contributed by atoms with E-state index in [1.54, 1.807) is 16.8 Å². The number of aryl methyl sites for hydroxylation is 4. The number of Topliss-reactive ketones (excluding diaryl/α,β-unsaturated/α-hetero) is 2. The van der Waals surface area contributed by atoms with E-state index in [2.05, 4.69) is 43.2 Å². The Hall–Kier alpha value is -3.15. The standard InChI is InChI=1S/C27H30FN3O2/c1-4-19-12-17(3)13-20(5-2)26(19)27-24(32)14-18(15-25(27)33)10-11-31-16-23(29-30-31)21-6-8-22(28)9-7-21/h6-9,12-13,16,18,27H,4-5,10-11,14-15H2,1-3H3. The minimum absolute atomic E-state index is 0.0142. The first-order valence-corrected chi connectivity index (χ1v) is 11.7. The van der Waals surface area contributed by atoms with Gasteiger partial charge in [0, 0.05) is 24.9 Å². The summed E-state index contributed by atoms with van der Waals surface area (Å²) in [4.78, 5) is 26.4. The van der Waals surface area contributed by atoms with E-state index >= 15 is 0 Å². The van der Waals surface area contributed by atoms with Gasteiger partial charge in [-0.15, -0.1) is 5.10 Å². The van der Waals surface area contributed by atoms with E-state index < -0.39 is 5.92 Å². The predicted molar refractivity (Wildman–Crippen MR) is 125 cm³/mol. The van der Waals surface area contributed by atoms with Crippen molar-refractivity contribution in [1.82, 2.24) is 15.0 Å². The van der Waals surface area contributed by atoms with Crippen LogP contribution in [0.2, 0.25) is 0 Å². The second kappa shape index (κ2) is 9.77. The van der Waals surface area contributed by atoms with Crippen LogP contribution >= 0.6 is 0 Å². The van der Waals surface area contributed by atoms with Gasteiger partial charge in [-0.3, -0.25) is 14.3 Å². The Morgan fingerprint density at radius 1 is 1.00 bits per heavy atom. The fourth-order valence-electron chi connectivity index (χ4n) is 4.97. The van der Waals surface area contributed by atoms with Crippen LogP contribution in [0.5, 0.6) is 0 Å². The lowest BCUT2D eigenvalue weighted by atomic mass is 9.72. The van der Waals surface area contributed by atoms with Crippen molar-refractivity contribution in [3.05, 3.63) is 70.7 Å². The largest absolute Gasteiger partial charge is 0.299 e. The molecule has 6 heteroatoms. The molecular weight excluding hydrogens is 417 g/mol. The van der Waals surface area contributed by atoms with Crippen molar-refractivity contribution in [1.29, 1.82) is 0 Å². The van der Waals surface area contributed by atoms with Crippen LogP contribution in [0.25, 0.3) is 11.3 Å². The summed E-state index contributed by atoms with van der Waals surface area (Å²) in [5.74, 6) is -0.826. The molecule has 0 aliphatic heterocycles. The molecule has 4 rings (SSSR count). The highest BCUT2D eigenvalue weighted by atomic mass is 19.1. The number of nitrogens with zero attached hydrogens (tertiary/aromatic N) is 3. The van der Waals surface area contributed by atoms with E-state index in [0.29, 0.717) is 31.5 Å². The number of aromatic nitrogens is 3. The Morgan fingerprint density at radius 3 is 2.18 bits per heavy atom. The van der Waals surface area contributed by atoms with Gasteiger partial charge in [0.25, 0.3) is 0 Å². The Kier molecular flexibility index (Phi) is 6.82. The van der Waals surface area contributed by atoms with Gasteiger partial charge in [0.05, 0.1) is 6.20 Å². The summed E-state index contributed by atoms with van der Waals surface area (Å²) in [5, 5.41) is 8.32. The Balaban J connectivity index is 1.44. The van der Waals surface area contributed by atoms with Crippen molar-refractivity contribution in [2.24, 2.45) is 5.92 Å². The zero-order valence-electron chi connectivity index (χ0n) is 19.5. The third kappa shape index (κ3) is 4.95. The van der Waals surface area contributed by atoms with Crippen molar-refractivity contribution >= 4 is 11.6 Å². The van der Waals surface area contributed by atoms with E-state index in [4.69, 9.17) is 0 Å². The maximum atomic E-state index is 13.2. The number of halogens is 1. The molecule has 5 nitrogen and oxygen atoms in total. The summed E-state index contributed by atoms with van der Waals surface area (Å²) in [6.45, 7) is 6.80. The first kappa shape index (κ1) is 23.0. The van der Waals surface area contributed by atoms with Crippen LogP contribution in [-0.2, 0) is 29.0 Å². The molecule has 1 aliphatic carbocycles. The minimum Gasteiger partial charge on any atom is -0.299 e. The highest BCUT2D eigenvalue weighted by molar-refractivity contribution is 6.10. The van der Waals surface area contributed by atoms with Gasteiger partial charge in [-0.25, -0.2) is 4.39 Å². The molecule has 0 bridgehead atoms. The average molecular weight is 448 g/mol. The number of ketones is 2. The van der Waals surface area contributed by atoms with Crippen LogP contribution < -0.4 is 0 Å². The summed E-state index contributed by atoms with van der Waals surface area (Å²) >= 11 is 0. The predicted octanol–water partition coefficient (Wildman–Crippen LogP) is 5.24. The highest BCUT2D eigenvalue weighted by Crippen LogP contribution is 2.36. The molecule has 3 aromatic rings. The van der Waals surface area contributed by atoms with Gasteiger partial charge in [-0.2, -0.15) is 0 Å². The van der Waals surface area contributed by atoms with E-state index in [-0.39, 0.29) is 23.3 Å². The number of benzene rings is 2. The quantitative estimate of drug-likeness (QED) is 0.465. The molecule has 1 saturated carbocycles. The molecule has 0 amide bonds. The minimum atomic E-state index is -0.622. The topological polar surface area (TPSA) is 64.8 Å². The third-order valence-electron chi connectivity index (χ3n) is 6.61. The molecule has 0 atom stereocenters. The number of hydrogen-bond donors (Lipinski definition) is 0. The van der Waals surface area contributed by atoms with Crippen LogP contribution in [0, 0.1) is 18.7 Å². The smallest absolute Gasteiger partial charge is 0.148 e. The van der Waals surface area contributed by atoms with Crippen molar-refractivity contribution < 1.29 is 14.0 Å². The molecule has 0 radical (unpaired) electrons. The average Bonchev–Trinajstić information content (AvgIpc) is 3.27. The Labute approximate surface area is 194 Å². The van der Waals surface area contributed by atoms with Crippen molar-refractivity contribution in [2.75, 3.05) is 0 Å². The van der Waals surface area contributed by atoms with Gasteiger partial charge < -0.3 is 0 Å². The number of carbonyl (C=O) groups excluding carboxylic acids is 2. The Morgan fingerprint density at radius 2 is 1.61 bits per heavy atom. The summed E-state index contributed by atoms with van der Waals surface area (Å²) in [5.41, 5.74) is 5.84. The van der Waals surface area contributed by atoms with Gasteiger partial charge in [-0.1, -0.05) is 36.8 Å². The van der Waals surface area contributed by atoms with Crippen LogP contribution in [-0.4, -0.2) is 26.6 Å². The van der Waals surface area contributed by atoms with Gasteiger partial charge in [-0.05, 0) is 73.1 Å². The van der Waals surface area contributed by atoms with Crippen molar-refractivity contribution in [3.63, 3.8) is 0 Å². The molecule has 33 heavy (non-hydrogen) atoms. The molecule has 1 aromatic heterocycles. The first-order chi connectivity index (χ1) is 15.9. The highest BCUT2D eigenvalue weighted by Gasteiger charge is 2.38. The lowest BCUT2D eigenvalue weighted by Gasteiger charge is -2.29. The molecule has 1 heterocycles. The maximum absolute atomic E-state index is 13.2. The number of rotatable bonds is 7. The third-order valence-corrected chi connectivity index (χ3v) is 6.61. The molecule has 0 unspecified atom stereocenters. The zero-order valence-corrected chi connectivity index (χ0v) is 19.5. The normalized spacial score (nSPS) is 18.7. The van der Waals surface area contributed by atoms with Crippen LogP contribution in [0.4, 0.5) is 4.39 Å². The van der Waals surface area contributed by atoms with E-state index in [1.807, 2.05) is 6.20 Å². The molecule has 1 fully saturated rings. The van der Waals surface area contributed by atoms with Gasteiger partial charge in [0.1, 0.15) is 29.0 Å².